The van der Waals surface area contributed by atoms with Crippen LogP contribution in [0.25, 0.3) is 11.1 Å². The van der Waals surface area contributed by atoms with Gasteiger partial charge in [0, 0.05) is 11.3 Å². The van der Waals surface area contributed by atoms with Gasteiger partial charge in [-0.15, -0.1) is 0 Å². The van der Waals surface area contributed by atoms with Crippen molar-refractivity contribution in [2.24, 2.45) is 0 Å². The van der Waals surface area contributed by atoms with Gasteiger partial charge in [-0.05, 0) is 24.1 Å². The summed E-state index contributed by atoms with van der Waals surface area (Å²) in [5.74, 6) is 0.563. The van der Waals surface area contributed by atoms with E-state index in [4.69, 9.17) is 11.5 Å². The smallest absolute Gasteiger partial charge is 0.126 e. The van der Waals surface area contributed by atoms with Gasteiger partial charge in [0.2, 0.25) is 0 Å². The number of aryl methyl sites for hydroxylation is 1. The Bertz CT molecular complexity index is 459. The molecule has 1 aromatic carbocycles. The molecular weight excluding hydrogens is 176 g/mol. The topological polar surface area (TPSA) is 80.7 Å². The van der Waals surface area contributed by atoms with Gasteiger partial charge in [-0.2, -0.15) is 5.10 Å². The van der Waals surface area contributed by atoms with E-state index in [0.29, 0.717) is 5.82 Å². The van der Waals surface area contributed by atoms with Crippen LogP contribution in [0.1, 0.15) is 5.56 Å². The number of hydrogen-bond donors (Lipinski definition) is 3. The van der Waals surface area contributed by atoms with E-state index in [-0.39, 0.29) is 0 Å². The lowest BCUT2D eigenvalue weighted by atomic mass is 10.1. The third-order valence-electron chi connectivity index (χ3n) is 2.26. The first kappa shape index (κ1) is 8.62. The first-order valence-corrected chi connectivity index (χ1v) is 4.34. The van der Waals surface area contributed by atoms with Gasteiger partial charge in [0.15, 0.2) is 0 Å². The molecule has 14 heavy (non-hydrogen) atoms. The molecule has 1 heterocycles. The van der Waals surface area contributed by atoms with Gasteiger partial charge >= 0.3 is 0 Å². The molecule has 0 spiro atoms. The van der Waals surface area contributed by atoms with Crippen molar-refractivity contribution in [2.45, 2.75) is 6.92 Å². The first-order valence-electron chi connectivity index (χ1n) is 4.34. The molecule has 0 aliphatic heterocycles. The first-order chi connectivity index (χ1) is 6.68. The Labute approximate surface area is 81.9 Å². The maximum Gasteiger partial charge on any atom is 0.126 e. The fourth-order valence-corrected chi connectivity index (χ4v) is 1.33. The van der Waals surface area contributed by atoms with Crippen LogP contribution in [0.3, 0.4) is 0 Å². The van der Waals surface area contributed by atoms with Gasteiger partial charge in [-0.1, -0.05) is 12.1 Å². The maximum atomic E-state index is 5.81. The van der Waals surface area contributed by atoms with Crippen LogP contribution < -0.4 is 11.5 Å². The summed E-state index contributed by atoms with van der Waals surface area (Å²) in [6.45, 7) is 1.97. The fourth-order valence-electron chi connectivity index (χ4n) is 1.33. The molecule has 0 bridgehead atoms. The van der Waals surface area contributed by atoms with E-state index in [9.17, 15) is 0 Å². The SMILES string of the molecule is Cc1ccc(-c2cn[nH]c2N)cc1N. The van der Waals surface area contributed by atoms with Gasteiger partial charge < -0.3 is 11.5 Å². The van der Waals surface area contributed by atoms with Crippen LogP contribution in [-0.2, 0) is 0 Å². The van der Waals surface area contributed by atoms with Crippen molar-refractivity contribution >= 4 is 11.5 Å². The van der Waals surface area contributed by atoms with Crippen LogP contribution in [0, 0.1) is 6.92 Å². The minimum absolute atomic E-state index is 0.563. The average Bonchev–Trinajstić information content (AvgIpc) is 2.57. The average molecular weight is 188 g/mol. The molecule has 0 radical (unpaired) electrons. The van der Waals surface area contributed by atoms with Crippen molar-refractivity contribution < 1.29 is 0 Å². The van der Waals surface area contributed by atoms with E-state index < -0.39 is 0 Å². The van der Waals surface area contributed by atoms with Crippen molar-refractivity contribution in [1.29, 1.82) is 0 Å². The van der Waals surface area contributed by atoms with Crippen molar-refractivity contribution in [3.8, 4) is 11.1 Å². The number of aromatic amines is 1. The molecule has 0 saturated heterocycles. The number of aromatic nitrogens is 2. The van der Waals surface area contributed by atoms with E-state index in [1.807, 2.05) is 25.1 Å². The molecule has 5 N–H and O–H groups in total. The summed E-state index contributed by atoms with van der Waals surface area (Å²) < 4.78 is 0. The number of H-pyrrole nitrogens is 1. The zero-order valence-electron chi connectivity index (χ0n) is 7.91. The summed E-state index contributed by atoms with van der Waals surface area (Å²) in [4.78, 5) is 0. The van der Waals surface area contributed by atoms with Crippen molar-refractivity contribution in [3.05, 3.63) is 30.0 Å². The Morgan fingerprint density at radius 1 is 1.29 bits per heavy atom. The fraction of sp³-hybridized carbons (Fsp3) is 0.100. The van der Waals surface area contributed by atoms with Crippen molar-refractivity contribution in [1.82, 2.24) is 10.2 Å². The quantitative estimate of drug-likeness (QED) is 0.594. The maximum absolute atomic E-state index is 5.81. The Morgan fingerprint density at radius 3 is 2.64 bits per heavy atom. The molecule has 0 aliphatic rings. The van der Waals surface area contributed by atoms with Crippen LogP contribution >= 0.6 is 0 Å². The van der Waals surface area contributed by atoms with E-state index >= 15 is 0 Å². The summed E-state index contributed by atoms with van der Waals surface area (Å²) in [5.41, 5.74) is 15.2. The third kappa shape index (κ3) is 1.31. The highest BCUT2D eigenvalue weighted by Gasteiger charge is 2.05. The summed E-state index contributed by atoms with van der Waals surface area (Å²) in [5, 5.41) is 6.55. The lowest BCUT2D eigenvalue weighted by molar-refractivity contribution is 1.10. The van der Waals surface area contributed by atoms with Crippen LogP contribution in [0.2, 0.25) is 0 Å². The van der Waals surface area contributed by atoms with E-state index in [2.05, 4.69) is 10.2 Å². The molecule has 0 amide bonds. The molecular formula is C10H12N4. The zero-order chi connectivity index (χ0) is 10.1. The number of nitrogens with zero attached hydrogens (tertiary/aromatic N) is 1. The molecule has 0 fully saturated rings. The zero-order valence-corrected chi connectivity index (χ0v) is 7.91. The van der Waals surface area contributed by atoms with Gasteiger partial charge in [-0.25, -0.2) is 0 Å². The normalized spacial score (nSPS) is 10.4. The lowest BCUT2D eigenvalue weighted by Crippen LogP contribution is -1.91. The standard InChI is InChI=1S/C10H12N4/c1-6-2-3-7(4-9(6)11)8-5-13-14-10(8)12/h2-5H,11H2,1H3,(H3,12,13,14). The van der Waals surface area contributed by atoms with Crippen LogP contribution in [0.15, 0.2) is 24.4 Å². The second-order valence-electron chi connectivity index (χ2n) is 3.27. The largest absolute Gasteiger partial charge is 0.398 e. The predicted octanol–water partition coefficient (Wildman–Crippen LogP) is 1.55. The van der Waals surface area contributed by atoms with Crippen molar-refractivity contribution in [2.75, 3.05) is 11.5 Å². The highest BCUT2D eigenvalue weighted by Crippen LogP contribution is 2.26. The summed E-state index contributed by atoms with van der Waals surface area (Å²) in [6.07, 6.45) is 1.69. The van der Waals surface area contributed by atoms with E-state index in [1.165, 1.54) is 0 Å². The number of nitrogens with two attached hydrogens (primary N) is 2. The second-order valence-corrected chi connectivity index (χ2v) is 3.27. The van der Waals surface area contributed by atoms with Crippen LogP contribution in [0.4, 0.5) is 11.5 Å². The lowest BCUT2D eigenvalue weighted by Gasteiger charge is -2.03. The molecule has 4 nitrogen and oxygen atoms in total. The van der Waals surface area contributed by atoms with Crippen LogP contribution in [0.5, 0.6) is 0 Å². The van der Waals surface area contributed by atoms with Gasteiger partial charge in [0.1, 0.15) is 5.82 Å². The number of anilines is 2. The minimum Gasteiger partial charge on any atom is -0.398 e. The molecule has 1 aromatic heterocycles. The van der Waals surface area contributed by atoms with E-state index in [1.54, 1.807) is 6.20 Å². The number of benzene rings is 1. The Hall–Kier alpha value is -1.97. The molecule has 0 aliphatic carbocycles. The third-order valence-corrected chi connectivity index (χ3v) is 2.26. The second kappa shape index (κ2) is 3.06. The molecule has 2 rings (SSSR count). The number of hydrogen-bond acceptors (Lipinski definition) is 3. The summed E-state index contributed by atoms with van der Waals surface area (Å²) in [7, 11) is 0. The highest BCUT2D eigenvalue weighted by atomic mass is 15.1. The minimum atomic E-state index is 0.563. The molecule has 0 atom stereocenters. The predicted molar refractivity (Wildman–Crippen MR) is 57.6 cm³/mol. The summed E-state index contributed by atoms with van der Waals surface area (Å²) >= 11 is 0. The monoisotopic (exact) mass is 188 g/mol. The molecule has 0 saturated carbocycles. The number of nitrogens with one attached hydrogen (secondary N) is 1. The van der Waals surface area contributed by atoms with Crippen LogP contribution in [-0.4, -0.2) is 10.2 Å². The van der Waals surface area contributed by atoms with Gasteiger partial charge in [0.05, 0.1) is 6.20 Å². The number of rotatable bonds is 1. The summed E-state index contributed by atoms with van der Waals surface area (Å²) in [6, 6.07) is 5.85. The van der Waals surface area contributed by atoms with E-state index in [0.717, 1.165) is 22.4 Å². The molecule has 2 aromatic rings. The number of nitrogen functional groups attached to an aromatic ring is 2. The Morgan fingerprint density at radius 2 is 2.07 bits per heavy atom. The molecule has 0 unspecified atom stereocenters. The van der Waals surface area contributed by atoms with Gasteiger partial charge in [-0.3, -0.25) is 5.10 Å². The van der Waals surface area contributed by atoms with Gasteiger partial charge in [0.25, 0.3) is 0 Å². The molecule has 72 valence electrons. The highest BCUT2D eigenvalue weighted by molar-refractivity contribution is 5.75. The Balaban J connectivity index is 2.53. The molecule has 4 heteroatoms. The van der Waals surface area contributed by atoms with Crippen molar-refractivity contribution in [3.63, 3.8) is 0 Å². The Kier molecular flexibility index (Phi) is 1.89.